The molecule has 1 amide bonds. The van der Waals surface area contributed by atoms with Gasteiger partial charge in [0.15, 0.2) is 5.82 Å². The zero-order chi connectivity index (χ0) is 12.4. The van der Waals surface area contributed by atoms with Gasteiger partial charge in [0.1, 0.15) is 6.33 Å². The molecule has 2 aromatic rings. The van der Waals surface area contributed by atoms with Gasteiger partial charge in [-0.1, -0.05) is 11.3 Å². The van der Waals surface area contributed by atoms with E-state index in [0.717, 1.165) is 11.3 Å². The lowest BCUT2D eigenvalue weighted by Crippen LogP contribution is -2.28. The number of hydrogen-bond acceptors (Lipinski definition) is 6. The second kappa shape index (κ2) is 4.76. The van der Waals surface area contributed by atoms with Crippen molar-refractivity contribution in [2.45, 2.75) is 13.0 Å². The summed E-state index contributed by atoms with van der Waals surface area (Å²) < 4.78 is 1.97. The van der Waals surface area contributed by atoms with E-state index in [0.29, 0.717) is 5.82 Å². The quantitative estimate of drug-likeness (QED) is 0.894. The van der Waals surface area contributed by atoms with Crippen molar-refractivity contribution in [3.63, 3.8) is 0 Å². The van der Waals surface area contributed by atoms with Crippen molar-refractivity contribution in [2.75, 3.05) is 0 Å². The van der Waals surface area contributed by atoms with Gasteiger partial charge in [0, 0.05) is 7.05 Å². The summed E-state index contributed by atoms with van der Waals surface area (Å²) in [4.78, 5) is 11.8. The number of aromatic nitrogens is 5. The number of hydrogen-bond donors (Lipinski definition) is 1. The third-order valence-electron chi connectivity index (χ3n) is 2.08. The molecule has 0 bridgehead atoms. The number of nitrogens with one attached hydrogen (secondary N) is 1. The second-order valence-corrected chi connectivity index (χ2v) is 4.92. The molecule has 0 spiro atoms. The largest absolute Gasteiger partial charge is 0.340 e. The van der Waals surface area contributed by atoms with E-state index in [-0.39, 0.29) is 21.4 Å². The number of nitrogens with zero attached hydrogens (tertiary/aromatic N) is 5. The maximum absolute atomic E-state index is 11.8. The van der Waals surface area contributed by atoms with Gasteiger partial charge in [-0.2, -0.15) is 0 Å². The zero-order valence-corrected chi connectivity index (χ0v) is 10.7. The number of rotatable bonds is 3. The Hall–Kier alpha value is -1.54. The summed E-state index contributed by atoms with van der Waals surface area (Å²) in [5.74, 6) is 0.332. The Morgan fingerprint density at radius 3 is 2.82 bits per heavy atom. The molecule has 0 aliphatic rings. The molecule has 0 saturated heterocycles. The third-order valence-corrected chi connectivity index (χ3v) is 3.09. The SMILES string of the molecule is CC(NC(=O)c1nnc(Cl)s1)c1nncn1C. The summed E-state index contributed by atoms with van der Waals surface area (Å²) >= 11 is 6.63. The Kier molecular flexibility index (Phi) is 3.34. The number of halogens is 1. The first kappa shape index (κ1) is 11.9. The normalized spacial score (nSPS) is 12.4. The monoisotopic (exact) mass is 272 g/mol. The summed E-state index contributed by atoms with van der Waals surface area (Å²) in [6.07, 6.45) is 1.57. The van der Waals surface area contributed by atoms with Crippen LogP contribution in [0.2, 0.25) is 4.47 Å². The van der Waals surface area contributed by atoms with Gasteiger partial charge in [-0.15, -0.1) is 20.4 Å². The van der Waals surface area contributed by atoms with Crippen molar-refractivity contribution >= 4 is 28.8 Å². The third kappa shape index (κ3) is 2.59. The maximum atomic E-state index is 11.8. The molecule has 0 fully saturated rings. The fraction of sp³-hybridized carbons (Fsp3) is 0.375. The minimum atomic E-state index is -0.329. The average molecular weight is 273 g/mol. The fourth-order valence-electron chi connectivity index (χ4n) is 1.30. The molecule has 17 heavy (non-hydrogen) atoms. The average Bonchev–Trinajstić information content (AvgIpc) is 2.86. The predicted molar refractivity (Wildman–Crippen MR) is 61.8 cm³/mol. The van der Waals surface area contributed by atoms with Crippen LogP contribution in [0.4, 0.5) is 0 Å². The lowest BCUT2D eigenvalue weighted by molar-refractivity contribution is 0.0936. The van der Waals surface area contributed by atoms with Gasteiger partial charge in [0.25, 0.3) is 5.91 Å². The Labute approximate surface area is 106 Å². The van der Waals surface area contributed by atoms with Crippen LogP contribution in [-0.2, 0) is 7.05 Å². The van der Waals surface area contributed by atoms with Crippen molar-refractivity contribution in [3.05, 3.63) is 21.6 Å². The summed E-state index contributed by atoms with van der Waals surface area (Å²) in [6.45, 7) is 1.81. The number of amides is 1. The Bertz CT molecular complexity index is 538. The molecule has 0 aliphatic carbocycles. The summed E-state index contributed by atoms with van der Waals surface area (Å²) in [7, 11) is 1.81. The smallest absolute Gasteiger partial charge is 0.282 e. The highest BCUT2D eigenvalue weighted by atomic mass is 35.5. The van der Waals surface area contributed by atoms with Crippen LogP contribution >= 0.6 is 22.9 Å². The number of carbonyl (C=O) groups excluding carboxylic acids is 1. The highest BCUT2D eigenvalue weighted by Gasteiger charge is 2.18. The van der Waals surface area contributed by atoms with Gasteiger partial charge in [-0.25, -0.2) is 0 Å². The predicted octanol–water partition coefficient (Wildman–Crippen LogP) is 0.811. The topological polar surface area (TPSA) is 85.6 Å². The van der Waals surface area contributed by atoms with Gasteiger partial charge in [-0.05, 0) is 18.5 Å². The highest BCUT2D eigenvalue weighted by molar-refractivity contribution is 7.17. The lowest BCUT2D eigenvalue weighted by Gasteiger charge is -2.11. The van der Waals surface area contributed by atoms with Gasteiger partial charge < -0.3 is 9.88 Å². The fourth-order valence-corrected chi connectivity index (χ4v) is 2.04. The summed E-state index contributed by atoms with van der Waals surface area (Å²) in [6, 6.07) is -0.266. The molecule has 0 aliphatic heterocycles. The van der Waals surface area contributed by atoms with E-state index >= 15 is 0 Å². The molecule has 90 valence electrons. The zero-order valence-electron chi connectivity index (χ0n) is 9.09. The molecular formula is C8H9ClN6OS. The van der Waals surface area contributed by atoms with Gasteiger partial charge in [0.2, 0.25) is 9.47 Å². The second-order valence-electron chi connectivity index (χ2n) is 3.36. The van der Waals surface area contributed by atoms with Crippen LogP contribution in [0, 0.1) is 0 Å². The molecule has 0 aromatic carbocycles. The van der Waals surface area contributed by atoms with Crippen molar-refractivity contribution in [1.82, 2.24) is 30.3 Å². The minimum Gasteiger partial charge on any atom is -0.340 e. The molecule has 1 N–H and O–H groups in total. The van der Waals surface area contributed by atoms with Gasteiger partial charge in [0.05, 0.1) is 6.04 Å². The summed E-state index contributed by atoms with van der Waals surface area (Å²) in [5, 5.41) is 17.8. The van der Waals surface area contributed by atoms with Crippen molar-refractivity contribution < 1.29 is 4.79 Å². The van der Waals surface area contributed by atoms with E-state index in [4.69, 9.17) is 11.6 Å². The Balaban J connectivity index is 2.07. The first-order chi connectivity index (χ1) is 8.08. The molecule has 7 nitrogen and oxygen atoms in total. The maximum Gasteiger partial charge on any atom is 0.282 e. The molecule has 1 unspecified atom stereocenters. The van der Waals surface area contributed by atoms with Crippen LogP contribution in [-0.4, -0.2) is 30.9 Å². The molecule has 0 saturated carbocycles. The van der Waals surface area contributed by atoms with Crippen LogP contribution in [0.3, 0.4) is 0 Å². The number of aryl methyl sites for hydroxylation is 1. The van der Waals surface area contributed by atoms with E-state index in [1.165, 1.54) is 0 Å². The molecule has 9 heteroatoms. The van der Waals surface area contributed by atoms with Crippen molar-refractivity contribution in [1.29, 1.82) is 0 Å². The van der Waals surface area contributed by atoms with Crippen LogP contribution in [0.5, 0.6) is 0 Å². The Morgan fingerprint density at radius 2 is 2.29 bits per heavy atom. The van der Waals surface area contributed by atoms with Crippen LogP contribution in [0.15, 0.2) is 6.33 Å². The Morgan fingerprint density at radius 1 is 1.53 bits per heavy atom. The first-order valence-corrected chi connectivity index (χ1v) is 5.91. The molecule has 0 radical (unpaired) electrons. The number of carbonyl (C=O) groups is 1. The van der Waals surface area contributed by atoms with E-state index in [2.05, 4.69) is 25.7 Å². The van der Waals surface area contributed by atoms with Crippen molar-refractivity contribution in [2.24, 2.45) is 7.05 Å². The van der Waals surface area contributed by atoms with E-state index in [9.17, 15) is 4.79 Å². The van der Waals surface area contributed by atoms with Crippen molar-refractivity contribution in [3.8, 4) is 0 Å². The van der Waals surface area contributed by atoms with Crippen LogP contribution < -0.4 is 5.32 Å². The van der Waals surface area contributed by atoms with Crippen LogP contribution in [0.25, 0.3) is 0 Å². The molecular weight excluding hydrogens is 264 g/mol. The van der Waals surface area contributed by atoms with E-state index in [1.54, 1.807) is 17.9 Å². The molecule has 1 atom stereocenters. The molecule has 2 rings (SSSR count). The van der Waals surface area contributed by atoms with Gasteiger partial charge >= 0.3 is 0 Å². The standard InChI is InChI=1S/C8H9ClN6OS/c1-4(5-12-10-3-15(5)2)11-6(16)7-13-14-8(9)17-7/h3-4H,1-2H3,(H,11,16). The molecule has 2 heterocycles. The minimum absolute atomic E-state index is 0.226. The first-order valence-electron chi connectivity index (χ1n) is 4.71. The van der Waals surface area contributed by atoms with Crippen LogP contribution in [0.1, 0.15) is 28.6 Å². The van der Waals surface area contributed by atoms with E-state index < -0.39 is 0 Å². The lowest BCUT2D eigenvalue weighted by atomic mass is 10.3. The van der Waals surface area contributed by atoms with Gasteiger partial charge in [-0.3, -0.25) is 4.79 Å². The summed E-state index contributed by atoms with van der Waals surface area (Å²) in [5.41, 5.74) is 0. The van der Waals surface area contributed by atoms with E-state index in [1.807, 2.05) is 6.92 Å². The highest BCUT2D eigenvalue weighted by Crippen LogP contribution is 2.16. The molecule has 2 aromatic heterocycles.